The van der Waals surface area contributed by atoms with Crippen molar-refractivity contribution in [2.24, 2.45) is 0 Å². The maximum Gasteiger partial charge on any atom is 0.209 e. The molecule has 3 rings (SSSR count). The Morgan fingerprint density at radius 3 is 3.00 bits per heavy atom. The van der Waals surface area contributed by atoms with Gasteiger partial charge in [-0.15, -0.1) is 0 Å². The highest BCUT2D eigenvalue weighted by molar-refractivity contribution is 5.77. The lowest BCUT2D eigenvalue weighted by Crippen LogP contribution is -2.36. The van der Waals surface area contributed by atoms with E-state index in [1.54, 1.807) is 0 Å². The van der Waals surface area contributed by atoms with Gasteiger partial charge in [-0.05, 0) is 44.6 Å². The number of nitrogens with zero attached hydrogens (tertiary/aromatic N) is 2. The van der Waals surface area contributed by atoms with E-state index in [1.807, 2.05) is 18.2 Å². The number of aromatic nitrogens is 1. The molecule has 90 valence electrons. The third-order valence-corrected chi connectivity index (χ3v) is 3.12. The van der Waals surface area contributed by atoms with Gasteiger partial charge in [0.25, 0.3) is 0 Å². The molecule has 2 heterocycles. The smallest absolute Gasteiger partial charge is 0.209 e. The zero-order valence-electron chi connectivity index (χ0n) is 10.1. The summed E-state index contributed by atoms with van der Waals surface area (Å²) in [6, 6.07) is 6.06. The van der Waals surface area contributed by atoms with Crippen LogP contribution >= 0.6 is 0 Å². The summed E-state index contributed by atoms with van der Waals surface area (Å²) >= 11 is 0. The summed E-state index contributed by atoms with van der Waals surface area (Å²) in [5.74, 6) is 0.827. The summed E-state index contributed by atoms with van der Waals surface area (Å²) in [5.41, 5.74) is 2.92. The van der Waals surface area contributed by atoms with Crippen molar-refractivity contribution >= 4 is 16.8 Å². The second-order valence-corrected chi connectivity index (χ2v) is 4.45. The molecular weight excluding hydrogens is 214 g/mol. The van der Waals surface area contributed by atoms with Crippen molar-refractivity contribution in [1.82, 2.24) is 9.88 Å². The van der Waals surface area contributed by atoms with Gasteiger partial charge in [-0.3, -0.25) is 4.90 Å². The summed E-state index contributed by atoms with van der Waals surface area (Å²) in [5, 5.41) is 3.28. The van der Waals surface area contributed by atoms with Gasteiger partial charge in [0, 0.05) is 12.2 Å². The van der Waals surface area contributed by atoms with E-state index < -0.39 is 0 Å². The SMILES string of the molecule is CCNc1ccc2oc(CN3CCC3)nc2c1. The molecule has 0 saturated carbocycles. The first-order chi connectivity index (χ1) is 8.35. The Hall–Kier alpha value is -1.55. The third kappa shape index (κ3) is 2.13. The summed E-state index contributed by atoms with van der Waals surface area (Å²) in [7, 11) is 0. The quantitative estimate of drug-likeness (QED) is 0.877. The van der Waals surface area contributed by atoms with Gasteiger partial charge in [0.15, 0.2) is 5.58 Å². The van der Waals surface area contributed by atoms with Crippen molar-refractivity contribution in [2.45, 2.75) is 19.9 Å². The van der Waals surface area contributed by atoms with E-state index in [-0.39, 0.29) is 0 Å². The largest absolute Gasteiger partial charge is 0.439 e. The molecule has 4 nitrogen and oxygen atoms in total. The Kier molecular flexibility index (Phi) is 2.73. The standard InChI is InChI=1S/C13H17N3O/c1-2-14-10-4-5-12-11(8-10)15-13(17-12)9-16-6-3-7-16/h4-5,8,14H,2-3,6-7,9H2,1H3. The van der Waals surface area contributed by atoms with Crippen LogP contribution in [-0.4, -0.2) is 29.5 Å². The number of anilines is 1. The Bertz CT molecular complexity index is 516. The Balaban J connectivity index is 1.84. The van der Waals surface area contributed by atoms with Crippen molar-refractivity contribution in [2.75, 3.05) is 25.0 Å². The topological polar surface area (TPSA) is 41.3 Å². The minimum absolute atomic E-state index is 0.827. The first-order valence-electron chi connectivity index (χ1n) is 6.21. The van der Waals surface area contributed by atoms with Gasteiger partial charge in [-0.2, -0.15) is 0 Å². The van der Waals surface area contributed by atoms with E-state index >= 15 is 0 Å². The fourth-order valence-electron chi connectivity index (χ4n) is 2.09. The van der Waals surface area contributed by atoms with E-state index in [2.05, 4.69) is 22.1 Å². The summed E-state index contributed by atoms with van der Waals surface area (Å²) in [4.78, 5) is 6.87. The van der Waals surface area contributed by atoms with Crippen LogP contribution in [0.1, 0.15) is 19.2 Å². The zero-order valence-corrected chi connectivity index (χ0v) is 10.1. The Labute approximate surface area is 101 Å². The second-order valence-electron chi connectivity index (χ2n) is 4.45. The van der Waals surface area contributed by atoms with Crippen LogP contribution in [0.2, 0.25) is 0 Å². The molecule has 0 atom stereocenters. The molecule has 1 fully saturated rings. The van der Waals surface area contributed by atoms with Crippen molar-refractivity contribution in [3.8, 4) is 0 Å². The molecule has 0 radical (unpaired) electrons. The predicted molar refractivity (Wildman–Crippen MR) is 68.1 cm³/mol. The van der Waals surface area contributed by atoms with Crippen LogP contribution < -0.4 is 5.32 Å². The molecule has 1 aliphatic rings. The molecule has 1 aromatic heterocycles. The van der Waals surface area contributed by atoms with Gasteiger partial charge in [0.1, 0.15) is 5.52 Å². The lowest BCUT2D eigenvalue weighted by Gasteiger charge is -2.28. The highest BCUT2D eigenvalue weighted by Gasteiger charge is 2.17. The molecular formula is C13H17N3O. The number of hydrogen-bond donors (Lipinski definition) is 1. The second kappa shape index (κ2) is 4.37. The Morgan fingerprint density at radius 2 is 2.29 bits per heavy atom. The summed E-state index contributed by atoms with van der Waals surface area (Å²) in [6.45, 7) is 6.18. The maximum atomic E-state index is 5.73. The number of benzene rings is 1. The van der Waals surface area contributed by atoms with Crippen molar-refractivity contribution < 1.29 is 4.42 Å². The molecule has 0 unspecified atom stereocenters. The molecule has 0 bridgehead atoms. The minimum Gasteiger partial charge on any atom is -0.439 e. The molecule has 2 aromatic rings. The van der Waals surface area contributed by atoms with Gasteiger partial charge < -0.3 is 9.73 Å². The van der Waals surface area contributed by atoms with Crippen molar-refractivity contribution in [3.05, 3.63) is 24.1 Å². The van der Waals surface area contributed by atoms with Crippen LogP contribution in [0.5, 0.6) is 0 Å². The first-order valence-corrected chi connectivity index (χ1v) is 6.21. The molecule has 0 amide bonds. The van der Waals surface area contributed by atoms with Gasteiger partial charge in [-0.1, -0.05) is 0 Å². The highest BCUT2D eigenvalue weighted by Crippen LogP contribution is 2.21. The van der Waals surface area contributed by atoms with Crippen molar-refractivity contribution in [1.29, 1.82) is 0 Å². The highest BCUT2D eigenvalue weighted by atomic mass is 16.3. The van der Waals surface area contributed by atoms with Gasteiger partial charge in [-0.25, -0.2) is 4.98 Å². The summed E-state index contributed by atoms with van der Waals surface area (Å²) < 4.78 is 5.73. The van der Waals surface area contributed by atoms with Gasteiger partial charge in [0.2, 0.25) is 5.89 Å². The van der Waals surface area contributed by atoms with E-state index in [0.717, 1.165) is 35.8 Å². The fourth-order valence-corrected chi connectivity index (χ4v) is 2.09. The monoisotopic (exact) mass is 231 g/mol. The van der Waals surface area contributed by atoms with Crippen LogP contribution in [-0.2, 0) is 6.54 Å². The van der Waals surface area contributed by atoms with Crippen LogP contribution in [0.3, 0.4) is 0 Å². The molecule has 0 aliphatic carbocycles. The van der Waals surface area contributed by atoms with Crippen LogP contribution in [0, 0.1) is 0 Å². The number of likely N-dealkylation sites (tertiary alicyclic amines) is 1. The lowest BCUT2D eigenvalue weighted by atomic mass is 10.2. The molecule has 17 heavy (non-hydrogen) atoms. The molecule has 1 aromatic carbocycles. The maximum absolute atomic E-state index is 5.73. The fraction of sp³-hybridized carbons (Fsp3) is 0.462. The molecule has 1 saturated heterocycles. The number of fused-ring (bicyclic) bond motifs is 1. The van der Waals surface area contributed by atoms with E-state index in [0.29, 0.717) is 0 Å². The molecule has 4 heteroatoms. The van der Waals surface area contributed by atoms with Gasteiger partial charge >= 0.3 is 0 Å². The zero-order chi connectivity index (χ0) is 11.7. The molecule has 1 aliphatic heterocycles. The van der Waals surface area contributed by atoms with Gasteiger partial charge in [0.05, 0.1) is 6.54 Å². The van der Waals surface area contributed by atoms with Crippen LogP contribution in [0.15, 0.2) is 22.6 Å². The third-order valence-electron chi connectivity index (χ3n) is 3.12. The normalized spacial score (nSPS) is 16.1. The average molecular weight is 231 g/mol. The predicted octanol–water partition coefficient (Wildman–Crippen LogP) is 2.47. The Morgan fingerprint density at radius 1 is 1.41 bits per heavy atom. The average Bonchev–Trinajstić information content (AvgIpc) is 2.66. The van der Waals surface area contributed by atoms with E-state index in [9.17, 15) is 0 Å². The van der Waals surface area contributed by atoms with Crippen molar-refractivity contribution in [3.63, 3.8) is 0 Å². The first kappa shape index (κ1) is 10.6. The number of nitrogens with one attached hydrogen (secondary N) is 1. The minimum atomic E-state index is 0.827. The van der Waals surface area contributed by atoms with E-state index in [1.165, 1.54) is 19.5 Å². The lowest BCUT2D eigenvalue weighted by molar-refractivity contribution is 0.157. The van der Waals surface area contributed by atoms with Crippen LogP contribution in [0.4, 0.5) is 5.69 Å². The van der Waals surface area contributed by atoms with Crippen LogP contribution in [0.25, 0.3) is 11.1 Å². The molecule has 1 N–H and O–H groups in total. The number of oxazole rings is 1. The summed E-state index contributed by atoms with van der Waals surface area (Å²) in [6.07, 6.45) is 1.30. The molecule has 0 spiro atoms. The number of rotatable bonds is 4. The van der Waals surface area contributed by atoms with E-state index in [4.69, 9.17) is 4.42 Å². The number of hydrogen-bond acceptors (Lipinski definition) is 4.